The molecule has 0 radical (unpaired) electrons. The molecule has 0 spiro atoms. The summed E-state index contributed by atoms with van der Waals surface area (Å²) in [6.07, 6.45) is 2.08. The number of hydrogen-bond acceptors (Lipinski definition) is 3. The fourth-order valence-corrected chi connectivity index (χ4v) is 1.86. The molecule has 3 atom stereocenters. The van der Waals surface area contributed by atoms with Crippen LogP contribution in [-0.2, 0) is 4.79 Å². The van der Waals surface area contributed by atoms with Crippen molar-refractivity contribution < 1.29 is 15.0 Å². The van der Waals surface area contributed by atoms with Crippen LogP contribution in [0.25, 0.3) is 0 Å². The molecular formula is C12H25NO3. The number of carbonyl (C=O) groups is 1. The largest absolute Gasteiger partial charge is 0.480 e. The second-order valence-corrected chi connectivity index (χ2v) is 4.69. The van der Waals surface area contributed by atoms with Gasteiger partial charge in [-0.3, -0.25) is 10.1 Å². The Kier molecular flexibility index (Phi) is 6.60. The van der Waals surface area contributed by atoms with Crippen LogP contribution in [-0.4, -0.2) is 34.4 Å². The standard InChI is InChI=1S/C12H25NO3/c1-5-9(3)7-12(6-2,11(15)16)13-10(4)8-14/h9-10,13-14H,5-8H2,1-4H3,(H,15,16). The predicted octanol–water partition coefficient (Wildman–Crippen LogP) is 1.63. The van der Waals surface area contributed by atoms with Gasteiger partial charge >= 0.3 is 5.97 Å². The third-order valence-corrected chi connectivity index (χ3v) is 3.20. The van der Waals surface area contributed by atoms with Crippen LogP contribution in [0.15, 0.2) is 0 Å². The monoisotopic (exact) mass is 231 g/mol. The zero-order chi connectivity index (χ0) is 12.8. The third-order valence-electron chi connectivity index (χ3n) is 3.20. The minimum atomic E-state index is -0.905. The van der Waals surface area contributed by atoms with Gasteiger partial charge in [0.15, 0.2) is 0 Å². The van der Waals surface area contributed by atoms with Gasteiger partial charge in [-0.15, -0.1) is 0 Å². The van der Waals surface area contributed by atoms with E-state index in [4.69, 9.17) is 5.11 Å². The van der Waals surface area contributed by atoms with E-state index < -0.39 is 11.5 Å². The lowest BCUT2D eigenvalue weighted by Gasteiger charge is -2.34. The third kappa shape index (κ3) is 4.10. The average Bonchev–Trinajstić information content (AvgIpc) is 2.27. The van der Waals surface area contributed by atoms with Crippen LogP contribution in [0.2, 0.25) is 0 Å². The van der Waals surface area contributed by atoms with Crippen molar-refractivity contribution in [2.45, 2.75) is 58.5 Å². The van der Waals surface area contributed by atoms with E-state index in [0.29, 0.717) is 18.8 Å². The Balaban J connectivity index is 4.78. The van der Waals surface area contributed by atoms with Crippen molar-refractivity contribution in [3.8, 4) is 0 Å². The van der Waals surface area contributed by atoms with E-state index in [1.807, 2.05) is 6.92 Å². The second-order valence-electron chi connectivity index (χ2n) is 4.69. The molecule has 0 amide bonds. The second kappa shape index (κ2) is 6.86. The lowest BCUT2D eigenvalue weighted by Crippen LogP contribution is -2.56. The molecule has 0 heterocycles. The van der Waals surface area contributed by atoms with E-state index in [0.717, 1.165) is 6.42 Å². The maximum absolute atomic E-state index is 11.4. The SMILES string of the molecule is CCC(C)CC(CC)(NC(C)CO)C(=O)O. The molecule has 0 aliphatic heterocycles. The molecular weight excluding hydrogens is 206 g/mol. The molecule has 0 aromatic rings. The first-order valence-corrected chi connectivity index (χ1v) is 6.03. The number of aliphatic carboxylic acids is 1. The number of hydrogen-bond donors (Lipinski definition) is 3. The Bertz CT molecular complexity index is 206. The van der Waals surface area contributed by atoms with E-state index in [2.05, 4.69) is 19.2 Å². The van der Waals surface area contributed by atoms with Gasteiger partial charge in [0, 0.05) is 6.04 Å². The smallest absolute Gasteiger partial charge is 0.323 e. The summed E-state index contributed by atoms with van der Waals surface area (Å²) in [6, 6.07) is -0.194. The van der Waals surface area contributed by atoms with Crippen molar-refractivity contribution in [1.82, 2.24) is 5.32 Å². The molecule has 0 rings (SSSR count). The quantitative estimate of drug-likeness (QED) is 0.594. The van der Waals surface area contributed by atoms with Crippen molar-refractivity contribution >= 4 is 5.97 Å². The Hall–Kier alpha value is -0.610. The summed E-state index contributed by atoms with van der Waals surface area (Å²) in [5.41, 5.74) is -0.905. The minimum Gasteiger partial charge on any atom is -0.480 e. The highest BCUT2D eigenvalue weighted by Gasteiger charge is 2.38. The number of rotatable bonds is 8. The first-order valence-electron chi connectivity index (χ1n) is 6.03. The molecule has 16 heavy (non-hydrogen) atoms. The van der Waals surface area contributed by atoms with Gasteiger partial charge in [0.05, 0.1) is 6.61 Å². The Morgan fingerprint density at radius 3 is 2.25 bits per heavy atom. The molecule has 3 unspecified atom stereocenters. The van der Waals surface area contributed by atoms with Gasteiger partial charge < -0.3 is 10.2 Å². The zero-order valence-corrected chi connectivity index (χ0v) is 10.8. The normalized spacial score (nSPS) is 18.8. The molecule has 0 aliphatic carbocycles. The summed E-state index contributed by atoms with van der Waals surface area (Å²) in [4.78, 5) is 11.4. The highest BCUT2D eigenvalue weighted by atomic mass is 16.4. The molecule has 0 fully saturated rings. The summed E-state index contributed by atoms with van der Waals surface area (Å²) >= 11 is 0. The topological polar surface area (TPSA) is 69.6 Å². The number of carboxylic acids is 1. The van der Waals surface area contributed by atoms with Crippen molar-refractivity contribution in [2.75, 3.05) is 6.61 Å². The van der Waals surface area contributed by atoms with Crippen molar-refractivity contribution in [3.05, 3.63) is 0 Å². The Morgan fingerprint density at radius 1 is 1.38 bits per heavy atom. The van der Waals surface area contributed by atoms with Crippen LogP contribution in [0, 0.1) is 5.92 Å². The fourth-order valence-electron chi connectivity index (χ4n) is 1.86. The van der Waals surface area contributed by atoms with E-state index >= 15 is 0 Å². The van der Waals surface area contributed by atoms with Gasteiger partial charge in [-0.25, -0.2) is 0 Å². The summed E-state index contributed by atoms with van der Waals surface area (Å²) in [5.74, 6) is -0.468. The van der Waals surface area contributed by atoms with Gasteiger partial charge in [-0.05, 0) is 25.7 Å². The molecule has 0 saturated heterocycles. The van der Waals surface area contributed by atoms with Gasteiger partial charge in [0.2, 0.25) is 0 Å². The molecule has 0 saturated carbocycles. The lowest BCUT2D eigenvalue weighted by molar-refractivity contribution is -0.146. The van der Waals surface area contributed by atoms with Crippen molar-refractivity contribution in [3.63, 3.8) is 0 Å². The van der Waals surface area contributed by atoms with E-state index in [-0.39, 0.29) is 12.6 Å². The van der Waals surface area contributed by atoms with Gasteiger partial charge in [0.1, 0.15) is 5.54 Å². The average molecular weight is 231 g/mol. The first-order chi connectivity index (χ1) is 7.41. The molecule has 4 nitrogen and oxygen atoms in total. The Morgan fingerprint density at radius 2 is 1.94 bits per heavy atom. The lowest BCUT2D eigenvalue weighted by atomic mass is 9.84. The minimum absolute atomic E-state index is 0.0461. The summed E-state index contributed by atoms with van der Waals surface area (Å²) < 4.78 is 0. The molecule has 96 valence electrons. The maximum Gasteiger partial charge on any atom is 0.323 e. The van der Waals surface area contributed by atoms with Gasteiger partial charge in [-0.1, -0.05) is 27.2 Å². The highest BCUT2D eigenvalue weighted by molar-refractivity contribution is 5.78. The van der Waals surface area contributed by atoms with E-state index in [1.54, 1.807) is 6.92 Å². The molecule has 0 bridgehead atoms. The summed E-state index contributed by atoms with van der Waals surface area (Å²) in [6.45, 7) is 7.73. The molecule has 3 N–H and O–H groups in total. The fraction of sp³-hybridized carbons (Fsp3) is 0.917. The van der Waals surface area contributed by atoms with E-state index in [9.17, 15) is 9.90 Å². The number of aliphatic hydroxyl groups is 1. The molecule has 4 heteroatoms. The van der Waals surface area contributed by atoms with Crippen LogP contribution >= 0.6 is 0 Å². The van der Waals surface area contributed by atoms with Crippen LogP contribution in [0.3, 0.4) is 0 Å². The summed E-state index contributed by atoms with van der Waals surface area (Å²) in [7, 11) is 0. The number of nitrogens with one attached hydrogen (secondary N) is 1. The number of aliphatic hydroxyl groups excluding tert-OH is 1. The molecule has 0 aliphatic rings. The maximum atomic E-state index is 11.4. The highest BCUT2D eigenvalue weighted by Crippen LogP contribution is 2.24. The predicted molar refractivity (Wildman–Crippen MR) is 64.4 cm³/mol. The van der Waals surface area contributed by atoms with E-state index in [1.165, 1.54) is 0 Å². The molecule has 0 aromatic carbocycles. The van der Waals surface area contributed by atoms with Gasteiger partial charge in [-0.2, -0.15) is 0 Å². The van der Waals surface area contributed by atoms with Crippen LogP contribution in [0.5, 0.6) is 0 Å². The Labute approximate surface area is 98.1 Å². The zero-order valence-electron chi connectivity index (χ0n) is 10.8. The first kappa shape index (κ1) is 15.4. The number of carboxylic acid groups (broad SMARTS) is 1. The van der Waals surface area contributed by atoms with Crippen LogP contribution in [0.1, 0.15) is 47.0 Å². The van der Waals surface area contributed by atoms with Crippen molar-refractivity contribution in [2.24, 2.45) is 5.92 Å². The summed E-state index contributed by atoms with van der Waals surface area (Å²) in [5, 5.41) is 21.4. The van der Waals surface area contributed by atoms with Crippen LogP contribution in [0.4, 0.5) is 0 Å². The van der Waals surface area contributed by atoms with Crippen LogP contribution < -0.4 is 5.32 Å². The molecule has 0 aromatic heterocycles. The van der Waals surface area contributed by atoms with Crippen molar-refractivity contribution in [1.29, 1.82) is 0 Å². The van der Waals surface area contributed by atoms with Gasteiger partial charge in [0.25, 0.3) is 0 Å².